The molecule has 0 bridgehead atoms. The van der Waals surface area contributed by atoms with Crippen LogP contribution in [0, 0.1) is 12.8 Å². The second kappa shape index (κ2) is 9.18. The first-order chi connectivity index (χ1) is 11.2. The maximum Gasteiger partial charge on any atom is 0.223 e. The summed E-state index contributed by atoms with van der Waals surface area (Å²) < 4.78 is 5.61. The van der Waals surface area contributed by atoms with Crippen LogP contribution in [-0.2, 0) is 9.59 Å². The summed E-state index contributed by atoms with van der Waals surface area (Å²) in [6, 6.07) is 7.79. The van der Waals surface area contributed by atoms with Crippen LogP contribution in [-0.4, -0.2) is 31.5 Å². The van der Waals surface area contributed by atoms with Crippen LogP contribution in [0.4, 0.5) is 0 Å². The minimum atomic E-state index is -0.0647. The second-order valence-electron chi connectivity index (χ2n) is 5.99. The molecule has 0 saturated heterocycles. The van der Waals surface area contributed by atoms with Gasteiger partial charge in [-0.05, 0) is 31.4 Å². The van der Waals surface area contributed by atoms with E-state index < -0.39 is 0 Å². The molecule has 5 nitrogen and oxygen atoms in total. The number of carbonyl (C=O) groups is 2. The van der Waals surface area contributed by atoms with E-state index in [2.05, 4.69) is 10.6 Å². The third kappa shape index (κ3) is 5.93. The second-order valence-corrected chi connectivity index (χ2v) is 5.99. The van der Waals surface area contributed by atoms with Crippen molar-refractivity contribution in [1.29, 1.82) is 0 Å². The summed E-state index contributed by atoms with van der Waals surface area (Å²) in [5.74, 6) is 1.02. The summed E-state index contributed by atoms with van der Waals surface area (Å²) in [4.78, 5) is 23.5. The van der Waals surface area contributed by atoms with Gasteiger partial charge in [0.05, 0.1) is 6.54 Å². The topological polar surface area (TPSA) is 67.4 Å². The van der Waals surface area contributed by atoms with E-state index in [4.69, 9.17) is 4.74 Å². The average Bonchev–Trinajstić information content (AvgIpc) is 3.07. The van der Waals surface area contributed by atoms with Crippen molar-refractivity contribution < 1.29 is 14.3 Å². The van der Waals surface area contributed by atoms with Gasteiger partial charge in [0.1, 0.15) is 12.4 Å². The van der Waals surface area contributed by atoms with Crippen molar-refractivity contribution in [2.24, 2.45) is 5.92 Å². The number of benzene rings is 1. The van der Waals surface area contributed by atoms with Gasteiger partial charge in [-0.25, -0.2) is 0 Å². The monoisotopic (exact) mass is 318 g/mol. The normalized spacial score (nSPS) is 14.5. The number of nitrogens with one attached hydrogen (secondary N) is 2. The first-order valence-corrected chi connectivity index (χ1v) is 8.39. The number of hydrogen-bond donors (Lipinski definition) is 2. The highest BCUT2D eigenvalue weighted by molar-refractivity contribution is 5.80. The zero-order valence-electron chi connectivity index (χ0n) is 13.8. The van der Waals surface area contributed by atoms with Gasteiger partial charge >= 0.3 is 0 Å². The van der Waals surface area contributed by atoms with Crippen LogP contribution in [0.1, 0.15) is 37.7 Å². The quantitative estimate of drug-likeness (QED) is 0.722. The van der Waals surface area contributed by atoms with E-state index in [9.17, 15) is 9.59 Å². The smallest absolute Gasteiger partial charge is 0.223 e. The Labute approximate surface area is 137 Å². The van der Waals surface area contributed by atoms with Gasteiger partial charge in [0.15, 0.2) is 0 Å². The van der Waals surface area contributed by atoms with Crippen LogP contribution < -0.4 is 15.4 Å². The van der Waals surface area contributed by atoms with Crippen LogP contribution in [0.2, 0.25) is 0 Å². The fourth-order valence-corrected chi connectivity index (χ4v) is 2.79. The highest BCUT2D eigenvalue weighted by Gasteiger charge is 2.22. The molecule has 1 aromatic rings. The first-order valence-electron chi connectivity index (χ1n) is 8.39. The molecule has 2 N–H and O–H groups in total. The van der Waals surface area contributed by atoms with Crippen molar-refractivity contribution in [2.75, 3.05) is 19.7 Å². The summed E-state index contributed by atoms with van der Waals surface area (Å²) in [5.41, 5.74) is 1.08. The molecule has 126 valence electrons. The van der Waals surface area contributed by atoms with Gasteiger partial charge in [0.2, 0.25) is 11.8 Å². The predicted octanol–water partition coefficient (Wildman–Crippen LogP) is 2.19. The molecule has 1 aromatic carbocycles. The minimum Gasteiger partial charge on any atom is -0.491 e. The summed E-state index contributed by atoms with van der Waals surface area (Å²) in [6.07, 6.45) is 4.55. The Balaban J connectivity index is 1.53. The Morgan fingerprint density at radius 2 is 1.87 bits per heavy atom. The third-order valence-corrected chi connectivity index (χ3v) is 4.15. The molecule has 2 amide bonds. The van der Waals surface area contributed by atoms with Gasteiger partial charge in [0, 0.05) is 18.9 Å². The van der Waals surface area contributed by atoms with Gasteiger partial charge in [-0.3, -0.25) is 9.59 Å². The molecule has 0 heterocycles. The fourth-order valence-electron chi connectivity index (χ4n) is 2.79. The standard InChI is InChI=1S/C18H26N2O3/c1-14-6-2-5-9-16(14)23-13-12-19-17(21)10-11-20-18(22)15-7-3-4-8-15/h2,5-6,9,15H,3-4,7-8,10-13H2,1H3,(H,19,21)(H,20,22). The van der Waals surface area contributed by atoms with E-state index >= 15 is 0 Å². The Bertz CT molecular complexity index is 525. The third-order valence-electron chi connectivity index (χ3n) is 4.15. The van der Waals surface area contributed by atoms with E-state index in [1.807, 2.05) is 31.2 Å². The molecule has 2 rings (SSSR count). The highest BCUT2D eigenvalue weighted by atomic mass is 16.5. The van der Waals surface area contributed by atoms with Crippen molar-refractivity contribution in [3.05, 3.63) is 29.8 Å². The zero-order valence-corrected chi connectivity index (χ0v) is 13.8. The van der Waals surface area contributed by atoms with E-state index in [1.165, 1.54) is 0 Å². The fraction of sp³-hybridized carbons (Fsp3) is 0.556. The zero-order chi connectivity index (χ0) is 16.5. The Hall–Kier alpha value is -2.04. The lowest BCUT2D eigenvalue weighted by Gasteiger charge is -2.11. The number of rotatable bonds is 8. The molecular weight excluding hydrogens is 292 g/mol. The highest BCUT2D eigenvalue weighted by Crippen LogP contribution is 2.24. The number of para-hydroxylation sites is 1. The number of amides is 2. The number of aryl methyl sites for hydroxylation is 1. The predicted molar refractivity (Wildman–Crippen MR) is 89.3 cm³/mol. The summed E-state index contributed by atoms with van der Waals surface area (Å²) in [7, 11) is 0. The molecule has 1 fully saturated rings. The van der Waals surface area contributed by atoms with Crippen molar-refractivity contribution in [3.8, 4) is 5.75 Å². The largest absolute Gasteiger partial charge is 0.491 e. The van der Waals surface area contributed by atoms with Crippen LogP contribution in [0.25, 0.3) is 0 Å². The van der Waals surface area contributed by atoms with Crippen molar-refractivity contribution in [2.45, 2.75) is 39.0 Å². The summed E-state index contributed by atoms with van der Waals surface area (Å²) in [5, 5.41) is 5.65. The van der Waals surface area contributed by atoms with Gasteiger partial charge in [-0.2, -0.15) is 0 Å². The van der Waals surface area contributed by atoms with E-state index in [0.29, 0.717) is 26.1 Å². The summed E-state index contributed by atoms with van der Waals surface area (Å²) >= 11 is 0. The average molecular weight is 318 g/mol. The molecule has 0 atom stereocenters. The molecule has 0 spiro atoms. The van der Waals surface area contributed by atoms with Crippen molar-refractivity contribution >= 4 is 11.8 Å². The molecule has 0 unspecified atom stereocenters. The van der Waals surface area contributed by atoms with E-state index in [-0.39, 0.29) is 17.7 Å². The number of ether oxygens (including phenoxy) is 1. The van der Waals surface area contributed by atoms with Crippen molar-refractivity contribution in [1.82, 2.24) is 10.6 Å². The van der Waals surface area contributed by atoms with Crippen LogP contribution >= 0.6 is 0 Å². The molecule has 0 aliphatic heterocycles. The molecule has 5 heteroatoms. The molecule has 1 aliphatic carbocycles. The van der Waals surface area contributed by atoms with Gasteiger partial charge < -0.3 is 15.4 Å². The molecule has 0 aromatic heterocycles. The van der Waals surface area contributed by atoms with Crippen molar-refractivity contribution in [3.63, 3.8) is 0 Å². The summed E-state index contributed by atoms with van der Waals surface area (Å²) in [6.45, 7) is 3.29. The lowest BCUT2D eigenvalue weighted by atomic mass is 10.1. The minimum absolute atomic E-state index is 0.0647. The lowest BCUT2D eigenvalue weighted by Crippen LogP contribution is -2.34. The molecule has 1 saturated carbocycles. The number of carbonyl (C=O) groups excluding carboxylic acids is 2. The van der Waals surface area contributed by atoms with Crippen LogP contribution in [0.3, 0.4) is 0 Å². The Kier molecular flexibility index (Phi) is 6.91. The molecule has 23 heavy (non-hydrogen) atoms. The van der Waals surface area contributed by atoms with Gasteiger partial charge in [-0.15, -0.1) is 0 Å². The SMILES string of the molecule is Cc1ccccc1OCCNC(=O)CCNC(=O)C1CCCC1. The Morgan fingerprint density at radius 1 is 1.13 bits per heavy atom. The van der Waals surface area contributed by atoms with E-state index in [0.717, 1.165) is 37.0 Å². The Morgan fingerprint density at radius 3 is 2.61 bits per heavy atom. The number of hydrogen-bond acceptors (Lipinski definition) is 3. The van der Waals surface area contributed by atoms with Crippen LogP contribution in [0.15, 0.2) is 24.3 Å². The lowest BCUT2D eigenvalue weighted by molar-refractivity contribution is -0.125. The van der Waals surface area contributed by atoms with Gasteiger partial charge in [-0.1, -0.05) is 31.0 Å². The first kappa shape index (κ1) is 17.3. The van der Waals surface area contributed by atoms with Crippen LogP contribution in [0.5, 0.6) is 5.75 Å². The maximum atomic E-state index is 11.8. The molecular formula is C18H26N2O3. The van der Waals surface area contributed by atoms with E-state index in [1.54, 1.807) is 0 Å². The molecule has 0 radical (unpaired) electrons. The molecule has 1 aliphatic rings. The maximum absolute atomic E-state index is 11.8. The van der Waals surface area contributed by atoms with Gasteiger partial charge in [0.25, 0.3) is 0 Å².